The van der Waals surface area contributed by atoms with Crippen LogP contribution in [0.2, 0.25) is 0 Å². The highest BCUT2D eigenvalue weighted by Gasteiger charge is 2.21. The van der Waals surface area contributed by atoms with Gasteiger partial charge in [-0.3, -0.25) is 4.79 Å². The third-order valence-electron chi connectivity index (χ3n) is 3.48. The summed E-state index contributed by atoms with van der Waals surface area (Å²) < 4.78 is 5.34. The Bertz CT molecular complexity index is 411. The average molecular weight is 285 g/mol. The van der Waals surface area contributed by atoms with Crippen LogP contribution in [0.1, 0.15) is 42.5 Å². The summed E-state index contributed by atoms with van der Waals surface area (Å²) in [5.74, 6) is 1.14. The molecular formula is C14H21ClN2O2. The first-order valence-electron chi connectivity index (χ1n) is 6.90. The highest BCUT2D eigenvalue weighted by Crippen LogP contribution is 2.13. The van der Waals surface area contributed by atoms with E-state index >= 15 is 0 Å². The van der Waals surface area contributed by atoms with E-state index in [0.29, 0.717) is 17.4 Å². The predicted octanol–water partition coefficient (Wildman–Crippen LogP) is 2.62. The summed E-state index contributed by atoms with van der Waals surface area (Å²) in [5, 5.41) is 3.03. The number of halogens is 1. The molecule has 0 atom stereocenters. The van der Waals surface area contributed by atoms with Crippen molar-refractivity contribution in [2.45, 2.75) is 38.1 Å². The van der Waals surface area contributed by atoms with E-state index in [4.69, 9.17) is 16.0 Å². The first-order valence-corrected chi connectivity index (χ1v) is 7.44. The minimum Gasteiger partial charge on any atom is -0.455 e. The lowest BCUT2D eigenvalue weighted by Crippen LogP contribution is -2.44. The molecule has 106 valence electrons. The lowest BCUT2D eigenvalue weighted by atomic mass is 10.0. The topological polar surface area (TPSA) is 45.5 Å². The monoisotopic (exact) mass is 284 g/mol. The maximum Gasteiger partial charge on any atom is 0.287 e. The van der Waals surface area contributed by atoms with Crippen molar-refractivity contribution in [3.8, 4) is 0 Å². The first-order chi connectivity index (χ1) is 9.22. The number of carbonyl (C=O) groups is 1. The predicted molar refractivity (Wildman–Crippen MR) is 75.5 cm³/mol. The second-order valence-corrected chi connectivity index (χ2v) is 5.26. The molecule has 2 rings (SSSR count). The van der Waals surface area contributed by atoms with Crippen molar-refractivity contribution in [2.24, 2.45) is 0 Å². The molecule has 1 aliphatic rings. The highest BCUT2D eigenvalue weighted by atomic mass is 35.5. The minimum absolute atomic E-state index is 0.134. The zero-order valence-electron chi connectivity index (χ0n) is 11.3. The van der Waals surface area contributed by atoms with Gasteiger partial charge in [0.2, 0.25) is 0 Å². The van der Waals surface area contributed by atoms with Crippen molar-refractivity contribution in [3.05, 3.63) is 23.7 Å². The van der Waals surface area contributed by atoms with Crippen LogP contribution in [0.25, 0.3) is 0 Å². The van der Waals surface area contributed by atoms with Crippen LogP contribution in [0.15, 0.2) is 16.5 Å². The molecule has 2 heterocycles. The molecule has 1 aliphatic heterocycles. The summed E-state index contributed by atoms with van der Waals surface area (Å²) in [6, 6.07) is 3.68. The lowest BCUT2D eigenvalue weighted by Gasteiger charge is -2.31. The van der Waals surface area contributed by atoms with E-state index in [9.17, 15) is 4.79 Å². The van der Waals surface area contributed by atoms with Crippen LogP contribution >= 0.6 is 11.6 Å². The Kier molecular flexibility index (Phi) is 5.28. The third-order valence-corrected chi connectivity index (χ3v) is 3.74. The van der Waals surface area contributed by atoms with E-state index in [1.807, 2.05) is 0 Å². The number of carbonyl (C=O) groups excluding carboxylic acids is 1. The van der Waals surface area contributed by atoms with Crippen molar-refractivity contribution < 1.29 is 9.21 Å². The van der Waals surface area contributed by atoms with Gasteiger partial charge >= 0.3 is 0 Å². The Morgan fingerprint density at radius 2 is 2.21 bits per heavy atom. The number of alkyl halides is 1. The second-order valence-electron chi connectivity index (χ2n) is 4.99. The maximum atomic E-state index is 12.0. The normalized spacial score (nSPS) is 17.6. The van der Waals surface area contributed by atoms with Gasteiger partial charge in [0.1, 0.15) is 5.76 Å². The van der Waals surface area contributed by atoms with Gasteiger partial charge in [-0.1, -0.05) is 6.92 Å². The molecule has 0 spiro atoms. The van der Waals surface area contributed by atoms with E-state index in [1.54, 1.807) is 12.1 Å². The van der Waals surface area contributed by atoms with Crippen LogP contribution in [-0.2, 0) is 5.88 Å². The minimum atomic E-state index is -0.134. The first kappa shape index (κ1) is 14.4. The maximum absolute atomic E-state index is 12.0. The van der Waals surface area contributed by atoms with Gasteiger partial charge in [-0.2, -0.15) is 0 Å². The standard InChI is InChI=1S/C14H21ClN2O2/c1-2-7-17-8-5-11(6-9-17)16-14(18)13-4-3-12(10-15)19-13/h3-4,11H,2,5-10H2,1H3,(H,16,18). The largest absolute Gasteiger partial charge is 0.455 e. The van der Waals surface area contributed by atoms with Gasteiger partial charge in [-0.05, 0) is 37.9 Å². The number of piperidine rings is 1. The molecule has 1 aromatic heterocycles. The summed E-state index contributed by atoms with van der Waals surface area (Å²) in [6.07, 6.45) is 3.20. The Morgan fingerprint density at radius 3 is 2.79 bits per heavy atom. The van der Waals surface area contributed by atoms with Crippen LogP contribution in [0, 0.1) is 0 Å². The molecular weight excluding hydrogens is 264 g/mol. The van der Waals surface area contributed by atoms with Crippen molar-refractivity contribution >= 4 is 17.5 Å². The fraction of sp³-hybridized carbons (Fsp3) is 0.643. The van der Waals surface area contributed by atoms with Gasteiger partial charge in [0, 0.05) is 19.1 Å². The molecule has 1 fully saturated rings. The van der Waals surface area contributed by atoms with Crippen LogP contribution < -0.4 is 5.32 Å². The summed E-state index contributed by atoms with van der Waals surface area (Å²) in [4.78, 5) is 14.4. The second kappa shape index (κ2) is 6.96. The summed E-state index contributed by atoms with van der Waals surface area (Å²) >= 11 is 5.65. The van der Waals surface area contributed by atoms with E-state index in [0.717, 1.165) is 32.5 Å². The molecule has 0 bridgehead atoms. The highest BCUT2D eigenvalue weighted by molar-refractivity contribution is 6.16. The Labute approximate surface area is 119 Å². The Hall–Kier alpha value is -1.00. The summed E-state index contributed by atoms with van der Waals surface area (Å²) in [5.41, 5.74) is 0. The number of nitrogens with zero attached hydrogens (tertiary/aromatic N) is 1. The lowest BCUT2D eigenvalue weighted by molar-refractivity contribution is 0.0882. The molecule has 1 saturated heterocycles. The molecule has 19 heavy (non-hydrogen) atoms. The molecule has 0 saturated carbocycles. The SMILES string of the molecule is CCCN1CCC(NC(=O)c2ccc(CCl)o2)CC1. The van der Waals surface area contributed by atoms with Gasteiger partial charge in [0.25, 0.3) is 5.91 Å². The Balaban J connectivity index is 1.80. The fourth-order valence-electron chi connectivity index (χ4n) is 2.45. The quantitative estimate of drug-likeness (QED) is 0.846. The van der Waals surface area contributed by atoms with Crippen LogP contribution in [0.4, 0.5) is 0 Å². The molecule has 1 aromatic rings. The number of nitrogens with one attached hydrogen (secondary N) is 1. The van der Waals surface area contributed by atoms with E-state index < -0.39 is 0 Å². The van der Waals surface area contributed by atoms with E-state index in [1.165, 1.54) is 6.42 Å². The van der Waals surface area contributed by atoms with Crippen LogP contribution in [0.3, 0.4) is 0 Å². The number of furan rings is 1. The molecule has 0 unspecified atom stereocenters. The molecule has 0 aliphatic carbocycles. The van der Waals surface area contributed by atoms with Crippen LogP contribution in [0.5, 0.6) is 0 Å². The van der Waals surface area contributed by atoms with Gasteiger partial charge in [-0.15, -0.1) is 11.6 Å². The smallest absolute Gasteiger partial charge is 0.287 e. The molecule has 5 heteroatoms. The van der Waals surface area contributed by atoms with Gasteiger partial charge < -0.3 is 14.6 Å². The van der Waals surface area contributed by atoms with E-state index in [-0.39, 0.29) is 11.9 Å². The zero-order chi connectivity index (χ0) is 13.7. The molecule has 1 amide bonds. The average Bonchev–Trinajstić information content (AvgIpc) is 2.90. The molecule has 0 aromatic carbocycles. The third kappa shape index (κ3) is 3.98. The summed E-state index contributed by atoms with van der Waals surface area (Å²) in [7, 11) is 0. The number of hydrogen-bond acceptors (Lipinski definition) is 3. The molecule has 0 radical (unpaired) electrons. The van der Waals surface area contributed by atoms with Crippen molar-refractivity contribution in [1.82, 2.24) is 10.2 Å². The van der Waals surface area contributed by atoms with Gasteiger partial charge in [0.05, 0.1) is 5.88 Å². The Morgan fingerprint density at radius 1 is 1.47 bits per heavy atom. The number of amides is 1. The number of rotatable bonds is 5. The van der Waals surface area contributed by atoms with E-state index in [2.05, 4.69) is 17.1 Å². The number of hydrogen-bond donors (Lipinski definition) is 1. The molecule has 1 N–H and O–H groups in total. The van der Waals surface area contributed by atoms with Gasteiger partial charge in [0.15, 0.2) is 5.76 Å². The van der Waals surface area contributed by atoms with Gasteiger partial charge in [-0.25, -0.2) is 0 Å². The number of likely N-dealkylation sites (tertiary alicyclic amines) is 1. The summed E-state index contributed by atoms with van der Waals surface area (Å²) in [6.45, 7) is 5.46. The zero-order valence-corrected chi connectivity index (χ0v) is 12.1. The van der Waals surface area contributed by atoms with Crippen LogP contribution in [-0.4, -0.2) is 36.5 Å². The molecule has 4 nitrogen and oxygen atoms in total. The van der Waals surface area contributed by atoms with Crippen molar-refractivity contribution in [3.63, 3.8) is 0 Å². The van der Waals surface area contributed by atoms with Crippen molar-refractivity contribution in [1.29, 1.82) is 0 Å². The van der Waals surface area contributed by atoms with Crippen molar-refractivity contribution in [2.75, 3.05) is 19.6 Å². The fourth-order valence-corrected chi connectivity index (χ4v) is 2.59.